The Morgan fingerprint density at radius 3 is 2.47 bits per heavy atom. The number of hydrogen-bond acceptors (Lipinski definition) is 2. The predicted octanol–water partition coefficient (Wildman–Crippen LogP) is 1.73. The van der Waals surface area contributed by atoms with E-state index in [1.54, 1.807) is 4.90 Å². The minimum absolute atomic E-state index is 0.0799. The molecule has 1 fully saturated rings. The quantitative estimate of drug-likeness (QED) is 0.900. The van der Waals surface area contributed by atoms with E-state index in [1.165, 1.54) is 0 Å². The molecule has 0 aliphatic carbocycles. The van der Waals surface area contributed by atoms with Crippen molar-refractivity contribution in [2.75, 3.05) is 6.54 Å². The van der Waals surface area contributed by atoms with E-state index in [4.69, 9.17) is 0 Å². The monoisotopic (exact) mass is 260 g/mol. The fourth-order valence-electron chi connectivity index (χ4n) is 2.30. The zero-order valence-corrected chi connectivity index (χ0v) is 11.6. The van der Waals surface area contributed by atoms with Gasteiger partial charge in [-0.2, -0.15) is 0 Å². The van der Waals surface area contributed by atoms with Crippen molar-refractivity contribution in [2.45, 2.75) is 39.3 Å². The van der Waals surface area contributed by atoms with Gasteiger partial charge in [0.15, 0.2) is 0 Å². The molecule has 0 spiro atoms. The fraction of sp³-hybridized carbons (Fsp3) is 0.467. The van der Waals surface area contributed by atoms with Crippen LogP contribution in [0.25, 0.3) is 0 Å². The summed E-state index contributed by atoms with van der Waals surface area (Å²) >= 11 is 0. The summed E-state index contributed by atoms with van der Waals surface area (Å²) in [6, 6.07) is 7.55. The molecule has 1 unspecified atom stereocenters. The molecule has 1 saturated heterocycles. The molecule has 1 N–H and O–H groups in total. The van der Waals surface area contributed by atoms with Crippen molar-refractivity contribution in [3.8, 4) is 0 Å². The molecule has 1 atom stereocenters. The van der Waals surface area contributed by atoms with E-state index in [0.29, 0.717) is 18.5 Å². The Balaban J connectivity index is 1.97. The minimum atomic E-state index is -0.108. The lowest BCUT2D eigenvalue weighted by Crippen LogP contribution is -2.38. The first-order valence-electron chi connectivity index (χ1n) is 6.64. The molecule has 102 valence electrons. The van der Waals surface area contributed by atoms with Gasteiger partial charge in [0.25, 0.3) is 5.91 Å². The Labute approximate surface area is 113 Å². The second kappa shape index (κ2) is 5.43. The lowest BCUT2D eigenvalue weighted by Gasteiger charge is -2.21. The summed E-state index contributed by atoms with van der Waals surface area (Å²) in [6.45, 7) is 6.57. The molecule has 19 heavy (non-hydrogen) atoms. The van der Waals surface area contributed by atoms with Crippen LogP contribution in [0, 0.1) is 6.92 Å². The molecule has 1 heterocycles. The Hall–Kier alpha value is -1.84. The molecule has 1 aromatic rings. The van der Waals surface area contributed by atoms with Crippen LogP contribution in [-0.2, 0) is 4.79 Å². The van der Waals surface area contributed by atoms with Gasteiger partial charge in [0, 0.05) is 24.6 Å². The number of carbonyl (C=O) groups is 2. The summed E-state index contributed by atoms with van der Waals surface area (Å²) in [6.07, 6.45) is 0.399. The smallest absolute Gasteiger partial charge is 0.251 e. The molecule has 0 radical (unpaired) electrons. The van der Waals surface area contributed by atoms with Crippen LogP contribution in [-0.4, -0.2) is 35.3 Å². The third kappa shape index (κ3) is 3.13. The average molecular weight is 260 g/mol. The molecule has 0 saturated carbocycles. The first-order chi connectivity index (χ1) is 8.97. The number of amides is 2. The van der Waals surface area contributed by atoms with Crippen molar-refractivity contribution >= 4 is 11.8 Å². The molecule has 2 rings (SSSR count). The van der Waals surface area contributed by atoms with Gasteiger partial charge in [-0.1, -0.05) is 17.7 Å². The first-order valence-corrected chi connectivity index (χ1v) is 6.64. The third-order valence-electron chi connectivity index (χ3n) is 3.43. The number of nitrogens with one attached hydrogen (secondary N) is 1. The van der Waals surface area contributed by atoms with Crippen molar-refractivity contribution in [3.63, 3.8) is 0 Å². The third-order valence-corrected chi connectivity index (χ3v) is 3.43. The van der Waals surface area contributed by atoms with Crippen molar-refractivity contribution in [1.82, 2.24) is 10.2 Å². The topological polar surface area (TPSA) is 49.4 Å². The molecular formula is C15H20N2O2. The summed E-state index contributed by atoms with van der Waals surface area (Å²) in [7, 11) is 0. The first kappa shape index (κ1) is 13.6. The zero-order valence-electron chi connectivity index (χ0n) is 11.6. The van der Waals surface area contributed by atoms with E-state index in [-0.39, 0.29) is 23.9 Å². The lowest BCUT2D eigenvalue weighted by molar-refractivity contribution is -0.129. The molecule has 4 nitrogen and oxygen atoms in total. The van der Waals surface area contributed by atoms with Crippen LogP contribution in [0.5, 0.6) is 0 Å². The van der Waals surface area contributed by atoms with E-state index in [0.717, 1.165) is 5.56 Å². The summed E-state index contributed by atoms with van der Waals surface area (Å²) < 4.78 is 0. The van der Waals surface area contributed by atoms with Crippen LogP contribution in [0.4, 0.5) is 0 Å². The van der Waals surface area contributed by atoms with Crippen LogP contribution < -0.4 is 5.32 Å². The maximum Gasteiger partial charge on any atom is 0.251 e. The van der Waals surface area contributed by atoms with Crippen molar-refractivity contribution in [1.29, 1.82) is 0 Å². The van der Waals surface area contributed by atoms with Crippen molar-refractivity contribution < 1.29 is 9.59 Å². The molecular weight excluding hydrogens is 240 g/mol. The van der Waals surface area contributed by atoms with E-state index in [9.17, 15) is 9.59 Å². The number of rotatable bonds is 3. The normalized spacial score (nSPS) is 19.1. The number of nitrogens with zero attached hydrogens (tertiary/aromatic N) is 1. The molecule has 1 aliphatic heterocycles. The fourth-order valence-corrected chi connectivity index (χ4v) is 2.30. The highest BCUT2D eigenvalue weighted by Gasteiger charge is 2.31. The van der Waals surface area contributed by atoms with Crippen LogP contribution in [0.3, 0.4) is 0 Å². The van der Waals surface area contributed by atoms with Crippen molar-refractivity contribution in [2.24, 2.45) is 0 Å². The van der Waals surface area contributed by atoms with E-state index in [2.05, 4.69) is 5.32 Å². The number of hydrogen-bond donors (Lipinski definition) is 1. The average Bonchev–Trinajstić information content (AvgIpc) is 2.71. The Morgan fingerprint density at radius 2 is 1.95 bits per heavy atom. The molecule has 4 heteroatoms. The van der Waals surface area contributed by atoms with Gasteiger partial charge in [-0.05, 0) is 32.9 Å². The highest BCUT2D eigenvalue weighted by molar-refractivity contribution is 5.95. The van der Waals surface area contributed by atoms with Crippen molar-refractivity contribution in [3.05, 3.63) is 35.4 Å². The van der Waals surface area contributed by atoms with Gasteiger partial charge < -0.3 is 10.2 Å². The summed E-state index contributed by atoms with van der Waals surface area (Å²) in [5.74, 6) is 0.00705. The van der Waals surface area contributed by atoms with Gasteiger partial charge in [-0.25, -0.2) is 0 Å². The Kier molecular flexibility index (Phi) is 3.88. The van der Waals surface area contributed by atoms with Crippen LogP contribution in [0.15, 0.2) is 24.3 Å². The van der Waals surface area contributed by atoms with Gasteiger partial charge in [-0.15, -0.1) is 0 Å². The van der Waals surface area contributed by atoms with Gasteiger partial charge >= 0.3 is 0 Å². The lowest BCUT2D eigenvalue weighted by atomic mass is 10.1. The standard InChI is InChI=1S/C15H20N2O2/c1-10(2)17-9-13(8-14(17)18)16-15(19)12-6-4-11(3)5-7-12/h4-7,10,13H,8-9H2,1-3H3,(H,16,19). The maximum absolute atomic E-state index is 12.1. The van der Waals surface area contributed by atoms with Gasteiger partial charge in [0.2, 0.25) is 5.91 Å². The highest BCUT2D eigenvalue weighted by Crippen LogP contribution is 2.15. The number of benzene rings is 1. The summed E-state index contributed by atoms with van der Waals surface area (Å²) in [5.41, 5.74) is 1.76. The zero-order chi connectivity index (χ0) is 14.0. The second-order valence-electron chi connectivity index (χ2n) is 5.38. The van der Waals surface area contributed by atoms with Crippen LogP contribution >= 0.6 is 0 Å². The molecule has 2 amide bonds. The predicted molar refractivity (Wildman–Crippen MR) is 73.9 cm³/mol. The van der Waals surface area contributed by atoms with E-state index >= 15 is 0 Å². The van der Waals surface area contributed by atoms with E-state index < -0.39 is 0 Å². The van der Waals surface area contributed by atoms with Gasteiger partial charge in [0.05, 0.1) is 6.04 Å². The van der Waals surface area contributed by atoms with E-state index in [1.807, 2.05) is 45.0 Å². The minimum Gasteiger partial charge on any atom is -0.347 e. The number of carbonyl (C=O) groups excluding carboxylic acids is 2. The SMILES string of the molecule is Cc1ccc(C(=O)NC2CC(=O)N(C(C)C)C2)cc1. The number of aryl methyl sites for hydroxylation is 1. The van der Waals surface area contributed by atoms with Crippen LogP contribution in [0.2, 0.25) is 0 Å². The van der Waals surface area contributed by atoms with Crippen LogP contribution in [0.1, 0.15) is 36.2 Å². The summed E-state index contributed by atoms with van der Waals surface area (Å²) in [5, 5.41) is 2.93. The Bertz CT molecular complexity index is 479. The molecule has 1 aliphatic rings. The molecule has 1 aromatic carbocycles. The highest BCUT2D eigenvalue weighted by atomic mass is 16.2. The molecule has 0 bridgehead atoms. The van der Waals surface area contributed by atoms with Gasteiger partial charge in [0.1, 0.15) is 0 Å². The van der Waals surface area contributed by atoms with Gasteiger partial charge in [-0.3, -0.25) is 9.59 Å². The maximum atomic E-state index is 12.1. The molecule has 0 aromatic heterocycles. The second-order valence-corrected chi connectivity index (χ2v) is 5.38. The largest absolute Gasteiger partial charge is 0.347 e. The number of likely N-dealkylation sites (tertiary alicyclic amines) is 1. The Morgan fingerprint density at radius 1 is 1.32 bits per heavy atom. The summed E-state index contributed by atoms with van der Waals surface area (Å²) in [4.78, 5) is 25.6.